The molecule has 2 saturated heterocycles. The molecule has 0 aliphatic carbocycles. The largest absolute Gasteiger partial charge is 0.465 e. The van der Waals surface area contributed by atoms with Crippen LogP contribution in [0.25, 0.3) is 0 Å². The van der Waals surface area contributed by atoms with E-state index in [0.29, 0.717) is 42.5 Å². The van der Waals surface area contributed by atoms with Crippen molar-refractivity contribution in [3.8, 4) is 0 Å². The topological polar surface area (TPSA) is 104 Å². The number of carbonyl (C=O) groups excluding carboxylic acids is 2. The van der Waals surface area contributed by atoms with E-state index in [2.05, 4.69) is 54.8 Å². The van der Waals surface area contributed by atoms with Crippen LogP contribution in [0.4, 0.5) is 11.6 Å². The van der Waals surface area contributed by atoms with Gasteiger partial charge in [-0.05, 0) is 84.1 Å². The Kier molecular flexibility index (Phi) is 8.97. The molecule has 2 aromatic heterocycles. The van der Waals surface area contributed by atoms with E-state index in [0.717, 1.165) is 42.5 Å². The monoisotopic (exact) mass is 551 g/mol. The first-order valence-corrected chi connectivity index (χ1v) is 14.3. The molecule has 10 heteroatoms. The van der Waals surface area contributed by atoms with Gasteiger partial charge in [0, 0.05) is 26.2 Å². The summed E-state index contributed by atoms with van der Waals surface area (Å²) in [5.74, 6) is 1.84. The number of hydrogen-bond donors (Lipinski definition) is 1. The van der Waals surface area contributed by atoms with Gasteiger partial charge in [0.2, 0.25) is 0 Å². The van der Waals surface area contributed by atoms with E-state index in [9.17, 15) is 9.59 Å². The average Bonchev–Trinajstić information content (AvgIpc) is 2.91. The number of esters is 1. The maximum absolute atomic E-state index is 13.8. The first-order valence-electron chi connectivity index (χ1n) is 14.3. The molecule has 0 spiro atoms. The predicted octanol–water partition coefficient (Wildman–Crippen LogP) is 3.89. The Morgan fingerprint density at radius 2 is 1.82 bits per heavy atom. The maximum atomic E-state index is 13.8. The second kappa shape index (κ2) is 12.1. The second-order valence-electron chi connectivity index (χ2n) is 12.2. The van der Waals surface area contributed by atoms with Crippen LogP contribution in [0, 0.1) is 19.8 Å². The molecule has 40 heavy (non-hydrogen) atoms. The highest BCUT2D eigenvalue weighted by atomic mass is 16.5. The zero-order valence-corrected chi connectivity index (χ0v) is 25.4. The number of likely N-dealkylation sites (tertiary alicyclic amines) is 1. The lowest BCUT2D eigenvalue weighted by Crippen LogP contribution is -2.61. The zero-order chi connectivity index (χ0) is 29.2. The fourth-order valence-corrected chi connectivity index (χ4v) is 5.80. The van der Waals surface area contributed by atoms with Crippen LogP contribution in [-0.2, 0) is 4.74 Å². The Labute approximate surface area is 238 Å². The molecule has 2 aliphatic heterocycles. The number of rotatable bonds is 7. The number of piperazine rings is 1. The molecule has 218 valence electrons. The quantitative estimate of drug-likeness (QED) is 0.513. The van der Waals surface area contributed by atoms with Gasteiger partial charge in [-0.25, -0.2) is 19.7 Å². The van der Waals surface area contributed by atoms with Crippen LogP contribution in [0.15, 0.2) is 12.3 Å². The van der Waals surface area contributed by atoms with E-state index in [4.69, 9.17) is 14.7 Å². The highest BCUT2D eigenvalue weighted by Crippen LogP contribution is 2.29. The van der Waals surface area contributed by atoms with Crippen molar-refractivity contribution < 1.29 is 14.3 Å². The standard InChI is InChI=1S/C30H45N7O3/c1-19(2)26-27(31-16-22-9-11-35(7)12-10-22)32-17-23(34-26)28(38)37-14-13-36(18-30(37,5)6)24-15-20(3)25(21(4)33-24)29(39)40-8/h15,17,19,22H,9-14,16,18H2,1-8H3,(H,31,32). The van der Waals surface area contributed by atoms with Crippen molar-refractivity contribution in [2.24, 2.45) is 5.92 Å². The Balaban J connectivity index is 1.47. The van der Waals surface area contributed by atoms with Crippen molar-refractivity contribution in [3.63, 3.8) is 0 Å². The molecule has 10 nitrogen and oxygen atoms in total. The van der Waals surface area contributed by atoms with Crippen LogP contribution >= 0.6 is 0 Å². The summed E-state index contributed by atoms with van der Waals surface area (Å²) in [5.41, 5.74) is 2.71. The Morgan fingerprint density at radius 3 is 2.42 bits per heavy atom. The summed E-state index contributed by atoms with van der Waals surface area (Å²) >= 11 is 0. The van der Waals surface area contributed by atoms with E-state index in [1.54, 1.807) is 6.20 Å². The van der Waals surface area contributed by atoms with Gasteiger partial charge in [-0.3, -0.25) is 4.79 Å². The molecule has 0 aromatic carbocycles. The first-order chi connectivity index (χ1) is 18.9. The van der Waals surface area contributed by atoms with Gasteiger partial charge in [-0.2, -0.15) is 0 Å². The fourth-order valence-electron chi connectivity index (χ4n) is 5.80. The summed E-state index contributed by atoms with van der Waals surface area (Å²) in [5, 5.41) is 3.53. The molecule has 0 bridgehead atoms. The van der Waals surface area contributed by atoms with Crippen molar-refractivity contribution in [1.82, 2.24) is 24.8 Å². The van der Waals surface area contributed by atoms with Gasteiger partial charge in [0.1, 0.15) is 17.3 Å². The minimum absolute atomic E-state index is 0.109. The number of nitrogens with one attached hydrogen (secondary N) is 1. The molecule has 2 aromatic rings. The summed E-state index contributed by atoms with van der Waals surface area (Å²) in [6.07, 6.45) is 3.97. The van der Waals surface area contributed by atoms with E-state index in [1.807, 2.05) is 24.8 Å². The van der Waals surface area contributed by atoms with Gasteiger partial charge in [0.05, 0.1) is 35.8 Å². The van der Waals surface area contributed by atoms with Gasteiger partial charge in [0.25, 0.3) is 5.91 Å². The molecule has 2 aliphatic rings. The third kappa shape index (κ3) is 6.37. The Hall–Kier alpha value is -3.27. The van der Waals surface area contributed by atoms with Gasteiger partial charge < -0.3 is 24.8 Å². The lowest BCUT2D eigenvalue weighted by molar-refractivity contribution is 0.0505. The number of aromatic nitrogens is 3. The van der Waals surface area contributed by atoms with E-state index < -0.39 is 5.54 Å². The number of methoxy groups -OCH3 is 1. The lowest BCUT2D eigenvalue weighted by Gasteiger charge is -2.47. The molecule has 0 unspecified atom stereocenters. The smallest absolute Gasteiger partial charge is 0.339 e. The molecular weight excluding hydrogens is 506 g/mol. The normalized spacial score (nSPS) is 18.2. The number of hydrogen-bond acceptors (Lipinski definition) is 9. The van der Waals surface area contributed by atoms with Crippen molar-refractivity contribution in [3.05, 3.63) is 40.5 Å². The molecule has 1 N–H and O–H groups in total. The number of amides is 1. The number of anilines is 2. The summed E-state index contributed by atoms with van der Waals surface area (Å²) in [4.78, 5) is 46.6. The average molecular weight is 552 g/mol. The number of ether oxygens (including phenoxy) is 1. The second-order valence-corrected chi connectivity index (χ2v) is 12.2. The molecule has 0 saturated carbocycles. The molecule has 1 amide bonds. The summed E-state index contributed by atoms with van der Waals surface area (Å²) in [6.45, 7) is 16.9. The molecular formula is C30H45N7O3. The van der Waals surface area contributed by atoms with Gasteiger partial charge in [-0.15, -0.1) is 0 Å². The highest BCUT2D eigenvalue weighted by molar-refractivity contribution is 5.93. The molecule has 4 heterocycles. The van der Waals surface area contributed by atoms with E-state index in [1.165, 1.54) is 20.0 Å². The van der Waals surface area contributed by atoms with E-state index >= 15 is 0 Å². The number of nitrogens with zero attached hydrogens (tertiary/aromatic N) is 6. The SMILES string of the molecule is COC(=O)c1c(C)cc(N2CCN(C(=O)c3cnc(NCC4CCN(C)CC4)c(C(C)C)n3)C(C)(C)C2)nc1C. The molecule has 0 radical (unpaired) electrons. The van der Waals surface area contributed by atoms with Crippen LogP contribution in [0.1, 0.15) is 84.3 Å². The van der Waals surface area contributed by atoms with E-state index in [-0.39, 0.29) is 17.8 Å². The van der Waals surface area contributed by atoms with Gasteiger partial charge >= 0.3 is 5.97 Å². The first kappa shape index (κ1) is 29.7. The molecule has 0 atom stereocenters. The number of piperidine rings is 1. The summed E-state index contributed by atoms with van der Waals surface area (Å²) in [7, 11) is 3.55. The highest BCUT2D eigenvalue weighted by Gasteiger charge is 2.38. The molecule has 2 fully saturated rings. The zero-order valence-electron chi connectivity index (χ0n) is 25.4. The van der Waals surface area contributed by atoms with Crippen molar-refractivity contribution in [2.75, 3.05) is 63.6 Å². The summed E-state index contributed by atoms with van der Waals surface area (Å²) < 4.78 is 4.92. The minimum Gasteiger partial charge on any atom is -0.465 e. The van der Waals surface area contributed by atoms with Crippen LogP contribution in [-0.4, -0.2) is 95.6 Å². The lowest BCUT2D eigenvalue weighted by atomic mass is 9.97. The minimum atomic E-state index is -0.468. The van der Waals surface area contributed by atoms with Crippen molar-refractivity contribution in [2.45, 2.75) is 65.8 Å². The van der Waals surface area contributed by atoms with Crippen LogP contribution in [0.5, 0.6) is 0 Å². The number of pyridine rings is 1. The maximum Gasteiger partial charge on any atom is 0.339 e. The van der Waals surface area contributed by atoms with Crippen LogP contribution in [0.2, 0.25) is 0 Å². The summed E-state index contributed by atoms with van der Waals surface area (Å²) in [6, 6.07) is 1.92. The third-order valence-electron chi connectivity index (χ3n) is 8.21. The van der Waals surface area contributed by atoms with Crippen LogP contribution in [0.3, 0.4) is 0 Å². The number of aryl methyl sites for hydroxylation is 2. The molecule has 4 rings (SSSR count). The van der Waals surface area contributed by atoms with Gasteiger partial charge in [-0.1, -0.05) is 13.8 Å². The Bertz CT molecular complexity index is 1210. The fraction of sp³-hybridized carbons (Fsp3) is 0.633. The van der Waals surface area contributed by atoms with Crippen molar-refractivity contribution in [1.29, 1.82) is 0 Å². The Morgan fingerprint density at radius 1 is 1.12 bits per heavy atom. The predicted molar refractivity (Wildman–Crippen MR) is 157 cm³/mol. The van der Waals surface area contributed by atoms with Gasteiger partial charge in [0.15, 0.2) is 0 Å². The van der Waals surface area contributed by atoms with Crippen LogP contribution < -0.4 is 10.2 Å². The van der Waals surface area contributed by atoms with Crippen molar-refractivity contribution >= 4 is 23.5 Å². The third-order valence-corrected chi connectivity index (χ3v) is 8.21. The number of carbonyl (C=O) groups is 2.